The van der Waals surface area contributed by atoms with Gasteiger partial charge < -0.3 is 47.4 Å². The molecule has 0 aromatic heterocycles. The van der Waals surface area contributed by atoms with Crippen LogP contribution < -0.4 is 0 Å². The summed E-state index contributed by atoms with van der Waals surface area (Å²) in [4.78, 5) is 49.9. The van der Waals surface area contributed by atoms with Crippen molar-refractivity contribution in [3.8, 4) is 0 Å². The summed E-state index contributed by atoms with van der Waals surface area (Å²) in [7, 11) is -3.85. The number of phosphoric acid groups is 1. The zero-order chi connectivity index (χ0) is 43.5. The lowest BCUT2D eigenvalue weighted by Crippen LogP contribution is -2.64. The van der Waals surface area contributed by atoms with Gasteiger partial charge in [-0.25, -0.2) is 4.57 Å². The Kier molecular flexibility index (Phi) is 16.2. The molecule has 3 aromatic rings. The van der Waals surface area contributed by atoms with Gasteiger partial charge in [0.05, 0.1) is 19.8 Å². The predicted octanol–water partition coefficient (Wildman–Crippen LogP) is 4.87. The van der Waals surface area contributed by atoms with E-state index in [1.54, 1.807) is 30.3 Å². The molecule has 3 heterocycles. The van der Waals surface area contributed by atoms with E-state index < -0.39 is 106 Å². The summed E-state index contributed by atoms with van der Waals surface area (Å²) in [6.45, 7) is 3.51. The molecule has 18 nitrogen and oxygen atoms in total. The van der Waals surface area contributed by atoms with Crippen LogP contribution in [-0.4, -0.2) is 106 Å². The Morgan fingerprint density at radius 3 is 1.79 bits per heavy atom. The van der Waals surface area contributed by atoms with Gasteiger partial charge in [-0.3, -0.25) is 32.7 Å². The van der Waals surface area contributed by atoms with E-state index in [0.717, 1.165) is 26.3 Å². The Bertz CT molecular complexity index is 1950. The quantitative estimate of drug-likeness (QED) is 0.101. The first-order valence-corrected chi connectivity index (χ1v) is 20.9. The summed E-state index contributed by atoms with van der Waals surface area (Å²) >= 11 is 0. The van der Waals surface area contributed by atoms with Crippen LogP contribution in [0.2, 0.25) is 0 Å². The molecule has 6 rings (SSSR count). The maximum atomic E-state index is 15.4. The van der Waals surface area contributed by atoms with Gasteiger partial charge in [-0.1, -0.05) is 91.0 Å². The SMILES string of the molecule is CO[C@H]1O[C@H](COC(C)=O)[C@@H](OP(=O)(OCc2ccccc2)O[C@H]2O[C@@H]3CO[C@@H](c4ccccc4)O[C@H]3[C@H](OC(C)=O)[C@@H]2OCc2ccccc2)[C@H](OC(C)=O)[C@H]1OC(C)=O. The first-order valence-electron chi connectivity index (χ1n) is 19.4. The maximum absolute atomic E-state index is 15.4. The van der Waals surface area contributed by atoms with Gasteiger partial charge in [-0.2, -0.15) is 0 Å². The number of hydrogen-bond acceptors (Lipinski definition) is 18. The zero-order valence-corrected chi connectivity index (χ0v) is 35.0. The monoisotopic (exact) mass is 872 g/mol. The second-order valence-corrected chi connectivity index (χ2v) is 15.7. The van der Waals surface area contributed by atoms with Crippen molar-refractivity contribution in [1.29, 1.82) is 0 Å². The fourth-order valence-electron chi connectivity index (χ4n) is 6.94. The number of phosphoric ester groups is 1. The third-order valence-corrected chi connectivity index (χ3v) is 11.0. The van der Waals surface area contributed by atoms with Gasteiger partial charge in [-0.15, -0.1) is 0 Å². The number of ether oxygens (including phenoxy) is 10. The van der Waals surface area contributed by atoms with Crippen molar-refractivity contribution in [3.63, 3.8) is 0 Å². The van der Waals surface area contributed by atoms with E-state index in [1.165, 1.54) is 14.0 Å². The molecule has 19 heteroatoms. The third kappa shape index (κ3) is 12.5. The number of hydrogen-bond donors (Lipinski definition) is 0. The number of fused-ring (bicyclic) bond motifs is 1. The topological polar surface area (TPSA) is 205 Å². The number of rotatable bonds is 17. The largest absolute Gasteiger partial charge is 0.478 e. The summed E-state index contributed by atoms with van der Waals surface area (Å²) in [5, 5.41) is 0. The first-order chi connectivity index (χ1) is 29.3. The van der Waals surface area contributed by atoms with E-state index in [2.05, 4.69) is 0 Å². The van der Waals surface area contributed by atoms with Crippen LogP contribution in [0.3, 0.4) is 0 Å². The van der Waals surface area contributed by atoms with Crippen LogP contribution in [0.5, 0.6) is 0 Å². The highest BCUT2D eigenvalue weighted by Gasteiger charge is 2.58. The van der Waals surface area contributed by atoms with Crippen molar-refractivity contribution in [1.82, 2.24) is 0 Å². The molecule has 0 aliphatic carbocycles. The van der Waals surface area contributed by atoms with E-state index in [-0.39, 0.29) is 19.8 Å². The number of carbonyl (C=O) groups is 4. The van der Waals surface area contributed by atoms with Gasteiger partial charge in [0.2, 0.25) is 0 Å². The van der Waals surface area contributed by atoms with Crippen molar-refractivity contribution in [2.45, 2.75) is 109 Å². The highest BCUT2D eigenvalue weighted by Crippen LogP contribution is 2.56. The molecule has 0 bridgehead atoms. The number of esters is 4. The lowest BCUT2D eigenvalue weighted by Gasteiger charge is -2.49. The summed E-state index contributed by atoms with van der Waals surface area (Å²) in [6.07, 6.45) is -14.8. The molecular formula is C42H49O18P. The Hall–Kier alpha value is -4.59. The average Bonchev–Trinajstić information content (AvgIpc) is 3.24. The molecule has 0 N–H and O–H groups in total. The van der Waals surface area contributed by atoms with Crippen molar-refractivity contribution in [2.24, 2.45) is 0 Å². The highest BCUT2D eigenvalue weighted by molar-refractivity contribution is 7.48. The molecule has 12 atom stereocenters. The second-order valence-electron chi connectivity index (χ2n) is 14.2. The Morgan fingerprint density at radius 1 is 0.623 bits per heavy atom. The predicted molar refractivity (Wildman–Crippen MR) is 207 cm³/mol. The zero-order valence-electron chi connectivity index (χ0n) is 34.1. The minimum Gasteiger partial charge on any atom is -0.463 e. The Balaban J connectivity index is 1.40. The fourth-order valence-corrected chi connectivity index (χ4v) is 8.40. The molecule has 3 aliphatic heterocycles. The smallest absolute Gasteiger partial charge is 0.463 e. The van der Waals surface area contributed by atoms with Gasteiger partial charge >= 0.3 is 31.7 Å². The Labute approximate surface area is 352 Å². The molecule has 61 heavy (non-hydrogen) atoms. The van der Waals surface area contributed by atoms with E-state index in [9.17, 15) is 19.2 Å². The highest BCUT2D eigenvalue weighted by atomic mass is 31.2. The minimum absolute atomic E-state index is 0.0591. The summed E-state index contributed by atoms with van der Waals surface area (Å²) < 4.78 is 93.2. The molecular weight excluding hydrogens is 823 g/mol. The van der Waals surface area contributed by atoms with E-state index in [1.807, 2.05) is 60.7 Å². The lowest BCUT2D eigenvalue weighted by atomic mass is 9.97. The number of carbonyl (C=O) groups excluding carboxylic acids is 4. The molecule has 0 amide bonds. The van der Waals surface area contributed by atoms with Gasteiger partial charge in [0.1, 0.15) is 37.1 Å². The molecule has 0 radical (unpaired) electrons. The van der Waals surface area contributed by atoms with Gasteiger partial charge in [0, 0.05) is 40.4 Å². The van der Waals surface area contributed by atoms with Crippen molar-refractivity contribution in [3.05, 3.63) is 108 Å². The summed E-state index contributed by atoms with van der Waals surface area (Å²) in [5.41, 5.74) is 1.96. The van der Waals surface area contributed by atoms with Crippen LogP contribution in [0, 0.1) is 0 Å². The maximum Gasteiger partial charge on any atom is 0.478 e. The van der Waals surface area contributed by atoms with Gasteiger partial charge in [0.25, 0.3) is 0 Å². The minimum atomic E-state index is -5.10. The van der Waals surface area contributed by atoms with Gasteiger partial charge in [0.15, 0.2) is 37.2 Å². The van der Waals surface area contributed by atoms with Crippen LogP contribution in [0.1, 0.15) is 50.7 Å². The van der Waals surface area contributed by atoms with Crippen LogP contribution in [0.25, 0.3) is 0 Å². The molecule has 3 aromatic carbocycles. The summed E-state index contributed by atoms with van der Waals surface area (Å²) in [6, 6.07) is 26.8. The van der Waals surface area contributed by atoms with E-state index >= 15 is 4.57 Å². The summed E-state index contributed by atoms with van der Waals surface area (Å²) in [5.74, 6) is -3.07. The second kappa shape index (κ2) is 21.5. The van der Waals surface area contributed by atoms with Crippen LogP contribution in [-0.2, 0) is 97.9 Å². The van der Waals surface area contributed by atoms with E-state index in [4.69, 9.17) is 60.9 Å². The normalized spacial score (nSPS) is 29.6. The molecule has 3 aliphatic rings. The van der Waals surface area contributed by atoms with Crippen molar-refractivity contribution in [2.75, 3.05) is 20.3 Å². The van der Waals surface area contributed by atoms with Crippen LogP contribution in [0.15, 0.2) is 91.0 Å². The first kappa shape index (κ1) is 45.9. The fraction of sp³-hybridized carbons (Fsp3) is 0.476. The van der Waals surface area contributed by atoms with Crippen LogP contribution in [0.4, 0.5) is 0 Å². The van der Waals surface area contributed by atoms with Crippen molar-refractivity contribution < 1.29 is 84.7 Å². The Morgan fingerprint density at radius 2 is 1.20 bits per heavy atom. The lowest BCUT2D eigenvalue weighted by molar-refractivity contribution is -0.358. The number of benzene rings is 3. The average molecular weight is 873 g/mol. The third-order valence-electron chi connectivity index (χ3n) is 9.54. The molecule has 330 valence electrons. The molecule has 3 saturated heterocycles. The molecule has 0 spiro atoms. The van der Waals surface area contributed by atoms with Crippen LogP contribution >= 0.6 is 7.82 Å². The van der Waals surface area contributed by atoms with Crippen molar-refractivity contribution >= 4 is 31.7 Å². The molecule has 1 unspecified atom stereocenters. The molecule has 3 fully saturated rings. The number of methoxy groups -OCH3 is 1. The van der Waals surface area contributed by atoms with Gasteiger partial charge in [-0.05, 0) is 11.1 Å². The van der Waals surface area contributed by atoms with E-state index in [0.29, 0.717) is 11.1 Å². The molecule has 0 saturated carbocycles. The standard InChI is InChI=1S/C42H49O18P/c1-25(43)49-23-33-35(37(54-27(3)45)39(55-28(4)46)41(48-5)56-33)59-61(47,52-22-30-17-11-7-12-18-30)60-42-38(50-21-29-15-9-6-10-16-29)36(53-26(2)44)34-32(57-42)24-51-40(58-34)31-19-13-8-14-20-31/h6-20,32-42H,21-24H2,1-5H3/t32-,33-,34-,35-,36+,37+,38+,39-,40-,41+,42-,61?/m1/s1.